The number of ether oxygens (including phenoxy) is 1. The van der Waals surface area contributed by atoms with Gasteiger partial charge < -0.3 is 10.1 Å². The summed E-state index contributed by atoms with van der Waals surface area (Å²) in [4.78, 5) is 11.4. The van der Waals surface area contributed by atoms with E-state index in [1.165, 1.54) is 13.2 Å². The summed E-state index contributed by atoms with van der Waals surface area (Å²) in [5, 5.41) is 2.41. The van der Waals surface area contributed by atoms with E-state index in [4.69, 9.17) is 0 Å². The Hall–Kier alpha value is -1.49. The molecule has 1 aromatic carbocycles. The van der Waals surface area contributed by atoms with Gasteiger partial charge in [-0.3, -0.25) is 4.79 Å². The molecule has 0 aliphatic carbocycles. The van der Waals surface area contributed by atoms with Crippen molar-refractivity contribution in [2.24, 2.45) is 0 Å². The van der Waals surface area contributed by atoms with Crippen molar-refractivity contribution in [1.29, 1.82) is 0 Å². The molecule has 5 heteroatoms. The number of methoxy groups -OCH3 is 1. The van der Waals surface area contributed by atoms with Crippen molar-refractivity contribution in [2.45, 2.75) is 26.2 Å². The van der Waals surface area contributed by atoms with Crippen LogP contribution in [0.5, 0.6) is 0 Å². The van der Waals surface area contributed by atoms with Crippen molar-refractivity contribution in [2.75, 3.05) is 19.0 Å². The minimum absolute atomic E-state index is 0.00551. The summed E-state index contributed by atoms with van der Waals surface area (Å²) in [6.45, 7) is 5.26. The Labute approximate surface area is 105 Å². The minimum Gasteiger partial charge on any atom is -0.375 e. The predicted molar refractivity (Wildman–Crippen MR) is 65.6 cm³/mol. The van der Waals surface area contributed by atoms with Crippen molar-refractivity contribution in [3.8, 4) is 0 Å². The van der Waals surface area contributed by atoms with E-state index < -0.39 is 23.0 Å². The molecule has 1 rings (SSSR count). The molecule has 0 aliphatic heterocycles. The van der Waals surface area contributed by atoms with Gasteiger partial charge in [-0.2, -0.15) is 0 Å². The van der Waals surface area contributed by atoms with Gasteiger partial charge in [0.25, 0.3) is 0 Å². The second-order valence-corrected chi connectivity index (χ2v) is 5.04. The first-order chi connectivity index (χ1) is 8.25. The van der Waals surface area contributed by atoms with Gasteiger partial charge in [0.1, 0.15) is 18.2 Å². The van der Waals surface area contributed by atoms with E-state index in [9.17, 15) is 13.6 Å². The maximum atomic E-state index is 13.7. The zero-order valence-electron chi connectivity index (χ0n) is 10.9. The zero-order chi connectivity index (χ0) is 13.9. The molecule has 18 heavy (non-hydrogen) atoms. The molecule has 0 aromatic heterocycles. The lowest BCUT2D eigenvalue weighted by molar-refractivity contribution is -0.119. The molecule has 1 amide bonds. The van der Waals surface area contributed by atoms with Gasteiger partial charge in [-0.05, 0) is 17.0 Å². The monoisotopic (exact) mass is 257 g/mol. The molecule has 0 saturated carbocycles. The van der Waals surface area contributed by atoms with Gasteiger partial charge in [0.05, 0.1) is 5.69 Å². The Morgan fingerprint density at radius 3 is 2.44 bits per heavy atom. The number of hydrogen-bond acceptors (Lipinski definition) is 2. The van der Waals surface area contributed by atoms with Crippen LogP contribution in [0.3, 0.4) is 0 Å². The van der Waals surface area contributed by atoms with Gasteiger partial charge in [-0.15, -0.1) is 0 Å². The van der Waals surface area contributed by atoms with Gasteiger partial charge in [-0.1, -0.05) is 20.8 Å². The second-order valence-electron chi connectivity index (χ2n) is 5.04. The molecule has 0 heterocycles. The van der Waals surface area contributed by atoms with Crippen LogP contribution in [0, 0.1) is 11.6 Å². The lowest BCUT2D eigenvalue weighted by atomic mass is 9.85. The summed E-state index contributed by atoms with van der Waals surface area (Å²) >= 11 is 0. The number of carbonyl (C=O) groups excluding carboxylic acids is 1. The fraction of sp³-hybridized carbons (Fsp3) is 0.462. The SMILES string of the molecule is COCC(=O)Nc1c(F)cc(F)cc1C(C)(C)C. The van der Waals surface area contributed by atoms with E-state index in [2.05, 4.69) is 10.1 Å². The number of benzene rings is 1. The second kappa shape index (κ2) is 5.44. The van der Waals surface area contributed by atoms with Crippen molar-refractivity contribution in [1.82, 2.24) is 0 Å². The van der Waals surface area contributed by atoms with E-state index >= 15 is 0 Å². The van der Waals surface area contributed by atoms with Crippen LogP contribution >= 0.6 is 0 Å². The fourth-order valence-electron chi connectivity index (χ4n) is 1.60. The van der Waals surface area contributed by atoms with Crippen LogP contribution in [0.1, 0.15) is 26.3 Å². The third-order valence-electron chi connectivity index (χ3n) is 2.40. The molecule has 1 aromatic rings. The highest BCUT2D eigenvalue weighted by molar-refractivity contribution is 5.92. The molecule has 0 unspecified atom stereocenters. The largest absolute Gasteiger partial charge is 0.375 e. The van der Waals surface area contributed by atoms with E-state index in [-0.39, 0.29) is 12.3 Å². The van der Waals surface area contributed by atoms with Crippen molar-refractivity contribution >= 4 is 11.6 Å². The normalized spacial score (nSPS) is 11.4. The van der Waals surface area contributed by atoms with E-state index in [0.717, 1.165) is 6.07 Å². The summed E-state index contributed by atoms with van der Waals surface area (Å²) in [6.07, 6.45) is 0. The molecule has 100 valence electrons. The van der Waals surface area contributed by atoms with Gasteiger partial charge in [0.15, 0.2) is 0 Å². The summed E-state index contributed by atoms with van der Waals surface area (Å²) < 4.78 is 31.6. The van der Waals surface area contributed by atoms with E-state index in [1.54, 1.807) is 0 Å². The third-order valence-corrected chi connectivity index (χ3v) is 2.40. The maximum absolute atomic E-state index is 13.7. The number of amides is 1. The van der Waals surface area contributed by atoms with Crippen LogP contribution in [-0.2, 0) is 14.9 Å². The van der Waals surface area contributed by atoms with Crippen LogP contribution in [0.15, 0.2) is 12.1 Å². The fourth-order valence-corrected chi connectivity index (χ4v) is 1.60. The Balaban J connectivity index is 3.20. The predicted octanol–water partition coefficient (Wildman–Crippen LogP) is 2.85. The Kier molecular flexibility index (Phi) is 4.40. The number of carbonyl (C=O) groups is 1. The van der Waals surface area contributed by atoms with Crippen molar-refractivity contribution in [3.05, 3.63) is 29.3 Å². The van der Waals surface area contributed by atoms with Gasteiger partial charge in [0.2, 0.25) is 5.91 Å². The summed E-state index contributed by atoms with van der Waals surface area (Å²) in [7, 11) is 1.37. The molecular formula is C13H17F2NO2. The lowest BCUT2D eigenvalue weighted by Crippen LogP contribution is -2.22. The molecule has 0 bridgehead atoms. The highest BCUT2D eigenvalue weighted by atomic mass is 19.1. The summed E-state index contributed by atoms with van der Waals surface area (Å²) in [6, 6.07) is 1.98. The highest BCUT2D eigenvalue weighted by Gasteiger charge is 2.23. The van der Waals surface area contributed by atoms with E-state index in [1.807, 2.05) is 20.8 Å². The summed E-state index contributed by atoms with van der Waals surface area (Å²) in [5.41, 5.74) is -0.0751. The average Bonchev–Trinajstić information content (AvgIpc) is 2.20. The van der Waals surface area contributed by atoms with E-state index in [0.29, 0.717) is 5.56 Å². The van der Waals surface area contributed by atoms with Crippen molar-refractivity contribution < 1.29 is 18.3 Å². The molecule has 0 atom stereocenters. The van der Waals surface area contributed by atoms with Gasteiger partial charge in [-0.25, -0.2) is 8.78 Å². The smallest absolute Gasteiger partial charge is 0.250 e. The number of hydrogen-bond donors (Lipinski definition) is 1. The average molecular weight is 257 g/mol. The van der Waals surface area contributed by atoms with Crippen LogP contribution in [0.4, 0.5) is 14.5 Å². The highest BCUT2D eigenvalue weighted by Crippen LogP contribution is 2.32. The van der Waals surface area contributed by atoms with Crippen molar-refractivity contribution in [3.63, 3.8) is 0 Å². The van der Waals surface area contributed by atoms with Crippen LogP contribution in [-0.4, -0.2) is 19.6 Å². The number of nitrogens with one attached hydrogen (secondary N) is 1. The van der Waals surface area contributed by atoms with Crippen LogP contribution in [0.25, 0.3) is 0 Å². The Morgan fingerprint density at radius 2 is 1.94 bits per heavy atom. The summed E-state index contributed by atoms with van der Waals surface area (Å²) in [5.74, 6) is -1.93. The Morgan fingerprint density at radius 1 is 1.33 bits per heavy atom. The molecule has 0 spiro atoms. The number of halogens is 2. The molecule has 0 fully saturated rings. The molecule has 0 radical (unpaired) electrons. The molecule has 1 N–H and O–H groups in total. The maximum Gasteiger partial charge on any atom is 0.250 e. The molecule has 0 saturated heterocycles. The number of anilines is 1. The molecular weight excluding hydrogens is 240 g/mol. The Bertz CT molecular complexity index is 453. The first-order valence-electron chi connectivity index (χ1n) is 5.54. The molecule has 3 nitrogen and oxygen atoms in total. The van der Waals surface area contributed by atoms with Crippen LogP contribution < -0.4 is 5.32 Å². The van der Waals surface area contributed by atoms with Gasteiger partial charge in [0, 0.05) is 13.2 Å². The topological polar surface area (TPSA) is 38.3 Å². The zero-order valence-corrected chi connectivity index (χ0v) is 10.9. The molecule has 0 aliphatic rings. The standard InChI is InChI=1S/C13H17F2NO2/c1-13(2,3)9-5-8(14)6-10(15)12(9)16-11(17)7-18-4/h5-6H,7H2,1-4H3,(H,16,17). The lowest BCUT2D eigenvalue weighted by Gasteiger charge is -2.23. The first kappa shape index (κ1) is 14.6. The third kappa shape index (κ3) is 3.50. The van der Waals surface area contributed by atoms with Crippen LogP contribution in [0.2, 0.25) is 0 Å². The minimum atomic E-state index is -0.788. The van der Waals surface area contributed by atoms with Gasteiger partial charge >= 0.3 is 0 Å². The number of rotatable bonds is 3. The first-order valence-corrected chi connectivity index (χ1v) is 5.54. The quantitative estimate of drug-likeness (QED) is 0.904.